The maximum absolute atomic E-state index is 13.9. The topological polar surface area (TPSA) is 66.5 Å². The van der Waals surface area contributed by atoms with Gasteiger partial charge in [0.15, 0.2) is 0 Å². The quantitative estimate of drug-likeness (QED) is 0.493. The molecule has 0 spiro atoms. The molecule has 33 heavy (non-hydrogen) atoms. The zero-order valence-electron chi connectivity index (χ0n) is 19.2. The van der Waals surface area contributed by atoms with E-state index in [-0.39, 0.29) is 18.1 Å². The second kappa shape index (κ2) is 10.7. The molecule has 6 nitrogen and oxygen atoms in total. The number of fused-ring (bicyclic) bond motifs is 1. The van der Waals surface area contributed by atoms with Gasteiger partial charge in [0.1, 0.15) is 11.6 Å². The smallest absolute Gasteiger partial charge is 0.238 e. The fourth-order valence-electron chi connectivity index (χ4n) is 4.35. The van der Waals surface area contributed by atoms with Crippen LogP contribution in [-0.4, -0.2) is 55.7 Å². The monoisotopic (exact) mass is 450 g/mol. The molecule has 0 atom stereocenters. The average molecular weight is 451 g/mol. The molecular weight excluding hydrogens is 419 g/mol. The maximum atomic E-state index is 13.9. The number of anilines is 2. The van der Waals surface area contributed by atoms with E-state index in [2.05, 4.69) is 33.7 Å². The largest absolute Gasteiger partial charge is 0.383 e. The van der Waals surface area contributed by atoms with Crippen LogP contribution in [0.2, 0.25) is 0 Å². The zero-order valence-corrected chi connectivity index (χ0v) is 19.2. The first-order valence-corrected chi connectivity index (χ1v) is 11.4. The van der Waals surface area contributed by atoms with E-state index in [0.717, 1.165) is 48.4 Å². The van der Waals surface area contributed by atoms with E-state index in [1.807, 2.05) is 19.1 Å². The lowest BCUT2D eigenvalue weighted by molar-refractivity contribution is -0.117. The summed E-state index contributed by atoms with van der Waals surface area (Å²) in [5.41, 5.74) is 2.23. The second-order valence-corrected chi connectivity index (χ2v) is 8.62. The Balaban J connectivity index is 1.38. The van der Waals surface area contributed by atoms with Gasteiger partial charge in [-0.25, -0.2) is 9.37 Å². The van der Waals surface area contributed by atoms with Gasteiger partial charge in [0.05, 0.1) is 18.8 Å². The van der Waals surface area contributed by atoms with E-state index in [1.165, 1.54) is 11.5 Å². The number of aromatic nitrogens is 1. The number of carbonyl (C=O) groups is 1. The number of aryl methyl sites for hydroxylation is 1. The van der Waals surface area contributed by atoms with Gasteiger partial charge < -0.3 is 15.4 Å². The number of pyridine rings is 1. The van der Waals surface area contributed by atoms with E-state index in [0.29, 0.717) is 19.1 Å². The molecule has 3 aromatic rings. The van der Waals surface area contributed by atoms with Gasteiger partial charge in [-0.05, 0) is 62.0 Å². The molecule has 0 aliphatic carbocycles. The van der Waals surface area contributed by atoms with Crippen LogP contribution in [0, 0.1) is 12.7 Å². The van der Waals surface area contributed by atoms with Gasteiger partial charge in [0, 0.05) is 30.7 Å². The van der Waals surface area contributed by atoms with Gasteiger partial charge in [0.2, 0.25) is 5.91 Å². The number of hydrogen-bond donors (Lipinski definition) is 2. The van der Waals surface area contributed by atoms with Crippen molar-refractivity contribution in [1.82, 2.24) is 9.88 Å². The third kappa shape index (κ3) is 5.86. The van der Waals surface area contributed by atoms with Crippen molar-refractivity contribution in [2.24, 2.45) is 0 Å². The van der Waals surface area contributed by atoms with E-state index in [9.17, 15) is 9.18 Å². The molecule has 7 heteroatoms. The van der Waals surface area contributed by atoms with Crippen molar-refractivity contribution in [2.75, 3.05) is 50.5 Å². The Labute approximate surface area is 194 Å². The van der Waals surface area contributed by atoms with Crippen LogP contribution in [0.25, 0.3) is 10.8 Å². The molecule has 0 bridgehead atoms. The summed E-state index contributed by atoms with van der Waals surface area (Å²) in [4.78, 5) is 19.5. The standard InChI is InChI=1S/C26H31FN4O2/c1-18-7-8-22(27)24(15-18)29-25(32)17-31-12-9-19(10-13-31)23-16-20-5-3-4-6-21(20)26(30-23)28-11-14-33-2/h3-8,15-16,19H,9-14,17H2,1-2H3,(H,28,30)(H,29,32). The molecule has 1 aliphatic heterocycles. The van der Waals surface area contributed by atoms with Gasteiger partial charge in [-0.15, -0.1) is 0 Å². The van der Waals surface area contributed by atoms with E-state index in [1.54, 1.807) is 19.2 Å². The lowest BCUT2D eigenvalue weighted by atomic mass is 9.92. The Hall–Kier alpha value is -3.03. The molecule has 2 heterocycles. The number of rotatable bonds is 8. The van der Waals surface area contributed by atoms with Gasteiger partial charge in [-0.1, -0.05) is 30.3 Å². The third-order valence-corrected chi connectivity index (χ3v) is 6.13. The van der Waals surface area contributed by atoms with Crippen LogP contribution in [0.1, 0.15) is 30.0 Å². The second-order valence-electron chi connectivity index (χ2n) is 8.62. The molecule has 174 valence electrons. The molecule has 1 aliphatic rings. The van der Waals surface area contributed by atoms with Crippen LogP contribution in [0.15, 0.2) is 48.5 Å². The first-order chi connectivity index (χ1) is 16.0. The number of ether oxygens (including phenoxy) is 1. The highest BCUT2D eigenvalue weighted by molar-refractivity contribution is 5.93. The van der Waals surface area contributed by atoms with Gasteiger partial charge in [-0.2, -0.15) is 0 Å². The predicted octanol–water partition coefficient (Wildman–Crippen LogP) is 4.56. The number of halogens is 1. The van der Waals surface area contributed by atoms with Crippen LogP contribution in [-0.2, 0) is 9.53 Å². The highest BCUT2D eigenvalue weighted by atomic mass is 19.1. The molecule has 1 fully saturated rings. The molecule has 4 rings (SSSR count). The number of hydrogen-bond acceptors (Lipinski definition) is 5. The molecule has 1 amide bonds. The summed E-state index contributed by atoms with van der Waals surface area (Å²) in [6.45, 7) is 5.05. The molecule has 2 aromatic carbocycles. The van der Waals surface area contributed by atoms with E-state index >= 15 is 0 Å². The first kappa shape index (κ1) is 23.1. The van der Waals surface area contributed by atoms with Gasteiger partial charge >= 0.3 is 0 Å². The number of methoxy groups -OCH3 is 1. The Morgan fingerprint density at radius 3 is 2.76 bits per heavy atom. The van der Waals surface area contributed by atoms with Crippen molar-refractivity contribution >= 4 is 28.2 Å². The number of nitrogens with zero attached hydrogens (tertiary/aromatic N) is 2. The van der Waals surface area contributed by atoms with Crippen LogP contribution in [0.3, 0.4) is 0 Å². The van der Waals surface area contributed by atoms with Crippen LogP contribution < -0.4 is 10.6 Å². The molecule has 0 saturated carbocycles. The van der Waals surface area contributed by atoms with Crippen LogP contribution >= 0.6 is 0 Å². The Kier molecular flexibility index (Phi) is 7.52. The van der Waals surface area contributed by atoms with Crippen molar-refractivity contribution in [3.8, 4) is 0 Å². The predicted molar refractivity (Wildman–Crippen MR) is 130 cm³/mol. The van der Waals surface area contributed by atoms with Gasteiger partial charge in [-0.3, -0.25) is 9.69 Å². The highest BCUT2D eigenvalue weighted by Gasteiger charge is 2.24. The van der Waals surface area contributed by atoms with Crippen molar-refractivity contribution in [2.45, 2.75) is 25.7 Å². The number of carbonyl (C=O) groups excluding carboxylic acids is 1. The summed E-state index contributed by atoms with van der Waals surface area (Å²) in [6.07, 6.45) is 1.85. The third-order valence-electron chi connectivity index (χ3n) is 6.13. The number of amides is 1. The Morgan fingerprint density at radius 1 is 1.18 bits per heavy atom. The first-order valence-electron chi connectivity index (χ1n) is 11.4. The Morgan fingerprint density at radius 2 is 1.97 bits per heavy atom. The fraction of sp³-hybridized carbons (Fsp3) is 0.385. The summed E-state index contributed by atoms with van der Waals surface area (Å²) in [5.74, 6) is 0.629. The number of piperidine rings is 1. The van der Waals surface area contributed by atoms with Crippen molar-refractivity contribution in [3.63, 3.8) is 0 Å². The molecule has 1 aromatic heterocycles. The molecular formula is C26H31FN4O2. The number of likely N-dealkylation sites (tertiary alicyclic amines) is 1. The lowest BCUT2D eigenvalue weighted by Gasteiger charge is -2.31. The SMILES string of the molecule is COCCNc1nc(C2CCN(CC(=O)Nc3cc(C)ccc3F)CC2)cc2ccccc12. The fourth-order valence-corrected chi connectivity index (χ4v) is 4.35. The minimum atomic E-state index is -0.412. The maximum Gasteiger partial charge on any atom is 0.238 e. The van der Waals surface area contributed by atoms with Crippen molar-refractivity contribution in [3.05, 3.63) is 65.6 Å². The zero-order chi connectivity index (χ0) is 23.2. The lowest BCUT2D eigenvalue weighted by Crippen LogP contribution is -2.39. The minimum absolute atomic E-state index is 0.189. The normalized spacial score (nSPS) is 15.0. The summed E-state index contributed by atoms with van der Waals surface area (Å²) < 4.78 is 19.1. The highest BCUT2D eigenvalue weighted by Crippen LogP contribution is 2.31. The molecule has 2 N–H and O–H groups in total. The molecule has 1 saturated heterocycles. The molecule has 0 unspecified atom stereocenters. The number of nitrogens with one attached hydrogen (secondary N) is 2. The van der Waals surface area contributed by atoms with Gasteiger partial charge in [0.25, 0.3) is 0 Å². The average Bonchev–Trinajstić information content (AvgIpc) is 2.82. The Bertz CT molecular complexity index is 1110. The summed E-state index contributed by atoms with van der Waals surface area (Å²) in [5, 5.41) is 8.39. The summed E-state index contributed by atoms with van der Waals surface area (Å²) in [7, 11) is 1.69. The van der Waals surface area contributed by atoms with E-state index < -0.39 is 5.82 Å². The van der Waals surface area contributed by atoms with Crippen LogP contribution in [0.4, 0.5) is 15.9 Å². The number of benzene rings is 2. The summed E-state index contributed by atoms with van der Waals surface area (Å²) in [6, 6.07) is 15.2. The van der Waals surface area contributed by atoms with Crippen molar-refractivity contribution < 1.29 is 13.9 Å². The van der Waals surface area contributed by atoms with Crippen LogP contribution in [0.5, 0.6) is 0 Å². The summed E-state index contributed by atoms with van der Waals surface area (Å²) >= 11 is 0. The van der Waals surface area contributed by atoms with Crippen molar-refractivity contribution in [1.29, 1.82) is 0 Å². The van der Waals surface area contributed by atoms with E-state index in [4.69, 9.17) is 9.72 Å². The minimum Gasteiger partial charge on any atom is -0.383 e. The molecule has 0 radical (unpaired) electrons.